The lowest BCUT2D eigenvalue weighted by atomic mass is 9.85. The molecule has 8 heteroatoms. The van der Waals surface area contributed by atoms with Gasteiger partial charge < -0.3 is 15.2 Å². The molecule has 4 aliphatic rings. The lowest BCUT2D eigenvalue weighted by Gasteiger charge is -2.43. The molecule has 1 aliphatic carbocycles. The second-order valence-electron chi connectivity index (χ2n) is 6.94. The Bertz CT molecular complexity index is 813. The Morgan fingerprint density at radius 1 is 1.54 bits per heavy atom. The summed E-state index contributed by atoms with van der Waals surface area (Å²) < 4.78 is 20.8. The van der Waals surface area contributed by atoms with E-state index in [1.165, 1.54) is 12.3 Å². The van der Waals surface area contributed by atoms with Crippen LogP contribution in [0.1, 0.15) is 33.1 Å². The van der Waals surface area contributed by atoms with Gasteiger partial charge in [-0.25, -0.2) is 9.18 Å². The van der Waals surface area contributed by atoms with Gasteiger partial charge >= 0.3 is 5.97 Å². The number of halogens is 1. The van der Waals surface area contributed by atoms with Gasteiger partial charge in [0.25, 0.3) is 5.91 Å². The summed E-state index contributed by atoms with van der Waals surface area (Å²) in [5.74, 6) is -1.90. The average Bonchev–Trinajstić information content (AvgIpc) is 2.62. The molecule has 3 heterocycles. The van der Waals surface area contributed by atoms with Crippen LogP contribution in [-0.2, 0) is 14.3 Å². The van der Waals surface area contributed by atoms with Crippen molar-refractivity contribution in [2.45, 2.75) is 57.4 Å². The van der Waals surface area contributed by atoms with Crippen molar-refractivity contribution in [1.29, 1.82) is 0 Å². The van der Waals surface area contributed by atoms with E-state index in [0.29, 0.717) is 17.9 Å². The summed E-state index contributed by atoms with van der Waals surface area (Å²) in [5.41, 5.74) is 0.768. The lowest BCUT2D eigenvalue weighted by molar-refractivity contribution is -0.132. The van der Waals surface area contributed by atoms with Gasteiger partial charge in [0.1, 0.15) is 17.7 Å². The fourth-order valence-corrected chi connectivity index (χ4v) is 3.94. The number of carboxylic acids is 1. The van der Waals surface area contributed by atoms with E-state index in [1.54, 1.807) is 0 Å². The van der Waals surface area contributed by atoms with Crippen LogP contribution in [0.15, 0.2) is 40.1 Å². The first-order valence-electron chi connectivity index (χ1n) is 8.79. The first kappa shape index (κ1) is 17.0. The van der Waals surface area contributed by atoms with Gasteiger partial charge in [0, 0.05) is 6.04 Å². The average molecular weight is 361 g/mol. The number of hydrogen-bond acceptors (Lipinski definition) is 5. The largest absolute Gasteiger partial charge is 0.476 e. The van der Waals surface area contributed by atoms with Crippen LogP contribution >= 0.6 is 0 Å². The number of piperidine rings is 1. The van der Waals surface area contributed by atoms with Gasteiger partial charge in [-0.2, -0.15) is 0 Å². The maximum Gasteiger partial charge on any atom is 0.359 e. The number of aliphatic carboxylic acids is 1. The number of alkyl halides is 1. The summed E-state index contributed by atoms with van der Waals surface area (Å²) in [6.45, 7) is 3.86. The smallest absolute Gasteiger partial charge is 0.359 e. The molecule has 0 spiro atoms. The Kier molecular flexibility index (Phi) is 3.95. The number of amides is 1. The molecule has 3 aliphatic heterocycles. The molecule has 1 amide bonds. The van der Waals surface area contributed by atoms with Gasteiger partial charge in [0.2, 0.25) is 5.71 Å². The molecule has 1 fully saturated rings. The van der Waals surface area contributed by atoms with Crippen LogP contribution in [0.5, 0.6) is 0 Å². The highest BCUT2D eigenvalue weighted by Gasteiger charge is 2.47. The highest BCUT2D eigenvalue weighted by Crippen LogP contribution is 2.41. The van der Waals surface area contributed by atoms with E-state index >= 15 is 4.39 Å². The summed E-state index contributed by atoms with van der Waals surface area (Å²) >= 11 is 0. The van der Waals surface area contributed by atoms with Crippen molar-refractivity contribution in [2.24, 2.45) is 4.99 Å². The minimum Gasteiger partial charge on any atom is -0.476 e. The van der Waals surface area contributed by atoms with Gasteiger partial charge in [-0.3, -0.25) is 14.7 Å². The normalized spacial score (nSPS) is 33.3. The van der Waals surface area contributed by atoms with E-state index in [-0.39, 0.29) is 17.8 Å². The van der Waals surface area contributed by atoms with Crippen LogP contribution in [0.4, 0.5) is 4.39 Å². The minimum atomic E-state index is -1.54. The number of hydrogen-bond donors (Lipinski definition) is 2. The summed E-state index contributed by atoms with van der Waals surface area (Å²) in [6, 6.07) is -0.644. The minimum absolute atomic E-state index is 0.0648. The second-order valence-corrected chi connectivity index (χ2v) is 6.94. The molecule has 0 aromatic heterocycles. The van der Waals surface area contributed by atoms with Crippen molar-refractivity contribution in [1.82, 2.24) is 10.2 Å². The molecule has 7 nitrogen and oxygen atoms in total. The molecule has 0 aromatic rings. The van der Waals surface area contributed by atoms with Crippen LogP contribution in [0.3, 0.4) is 0 Å². The molecular weight excluding hydrogens is 341 g/mol. The molecule has 4 unspecified atom stereocenters. The number of rotatable bonds is 2. The predicted octanol–water partition coefficient (Wildman–Crippen LogP) is 1.63. The SMILES string of the molecule is CCC1N=C(C(=O)O)C(=O)N2C1=COC1=C2C(F)C=C2CCC(C)NC21. The lowest BCUT2D eigenvalue weighted by Crippen LogP contribution is -2.53. The third kappa shape index (κ3) is 2.39. The molecule has 26 heavy (non-hydrogen) atoms. The van der Waals surface area contributed by atoms with Gasteiger partial charge in [-0.05, 0) is 37.8 Å². The fraction of sp³-hybridized carbons (Fsp3) is 0.500. The Morgan fingerprint density at radius 3 is 3.00 bits per heavy atom. The van der Waals surface area contributed by atoms with E-state index in [2.05, 4.69) is 10.3 Å². The van der Waals surface area contributed by atoms with Crippen molar-refractivity contribution in [3.63, 3.8) is 0 Å². The van der Waals surface area contributed by atoms with Gasteiger partial charge in [-0.1, -0.05) is 6.92 Å². The van der Waals surface area contributed by atoms with E-state index in [0.717, 1.165) is 23.3 Å². The maximum atomic E-state index is 15.0. The molecule has 0 bridgehead atoms. The van der Waals surface area contributed by atoms with E-state index < -0.39 is 29.8 Å². The van der Waals surface area contributed by atoms with Crippen LogP contribution in [0.2, 0.25) is 0 Å². The number of nitrogens with one attached hydrogen (secondary N) is 1. The molecule has 2 N–H and O–H groups in total. The van der Waals surface area contributed by atoms with E-state index in [4.69, 9.17) is 4.74 Å². The van der Waals surface area contributed by atoms with Gasteiger partial charge in [-0.15, -0.1) is 0 Å². The van der Waals surface area contributed by atoms with Gasteiger partial charge in [0.15, 0.2) is 6.17 Å². The molecule has 0 radical (unpaired) electrons. The molecule has 4 atom stereocenters. The molecule has 4 rings (SSSR count). The quantitative estimate of drug-likeness (QED) is 0.730. The highest BCUT2D eigenvalue weighted by atomic mass is 19.1. The maximum absolute atomic E-state index is 15.0. The predicted molar refractivity (Wildman–Crippen MR) is 90.8 cm³/mol. The molecule has 138 valence electrons. The number of fused-ring (bicyclic) bond motifs is 4. The van der Waals surface area contributed by atoms with Crippen molar-refractivity contribution in [3.05, 3.63) is 35.1 Å². The van der Waals surface area contributed by atoms with Crippen molar-refractivity contribution >= 4 is 17.6 Å². The summed E-state index contributed by atoms with van der Waals surface area (Å²) in [5, 5.41) is 12.7. The first-order valence-corrected chi connectivity index (χ1v) is 8.79. The summed E-state index contributed by atoms with van der Waals surface area (Å²) in [7, 11) is 0. The Morgan fingerprint density at radius 2 is 2.31 bits per heavy atom. The number of nitrogens with zero attached hydrogens (tertiary/aromatic N) is 2. The van der Waals surface area contributed by atoms with E-state index in [1.807, 2.05) is 13.8 Å². The third-order valence-corrected chi connectivity index (χ3v) is 5.25. The molecule has 0 saturated carbocycles. The van der Waals surface area contributed by atoms with Crippen LogP contribution in [0.25, 0.3) is 0 Å². The van der Waals surface area contributed by atoms with Crippen molar-refractivity contribution in [2.75, 3.05) is 0 Å². The number of allylic oxidation sites excluding steroid dienone is 1. The zero-order valence-corrected chi connectivity index (χ0v) is 14.5. The topological polar surface area (TPSA) is 91.2 Å². The number of ether oxygens (including phenoxy) is 1. The van der Waals surface area contributed by atoms with Crippen molar-refractivity contribution in [3.8, 4) is 0 Å². The first-order chi connectivity index (χ1) is 12.4. The number of carbonyl (C=O) groups is 2. The number of carboxylic acid groups (broad SMARTS) is 1. The number of aliphatic imine (C=N–C) groups is 1. The molecule has 0 aromatic carbocycles. The summed E-state index contributed by atoms with van der Waals surface area (Å²) in [4.78, 5) is 29.4. The Hall–Kier alpha value is -2.48. The Labute approximate surface area is 149 Å². The monoisotopic (exact) mass is 361 g/mol. The molecule has 1 saturated heterocycles. The zero-order chi connectivity index (χ0) is 18.6. The fourth-order valence-electron chi connectivity index (χ4n) is 3.94. The second kappa shape index (κ2) is 6.05. The van der Waals surface area contributed by atoms with Crippen molar-refractivity contribution < 1.29 is 23.8 Å². The third-order valence-electron chi connectivity index (χ3n) is 5.25. The highest BCUT2D eigenvalue weighted by molar-refractivity contribution is 6.64. The standard InChI is InChI=1S/C18H20FN3O4/c1-3-11-12-7-26-16-13-9(5-4-8(2)20-13)6-10(19)15(16)22(12)17(23)14(21-11)18(24)25/h6-8,10-11,13,20H,3-5H2,1-2H3,(H,24,25). The van der Waals surface area contributed by atoms with Gasteiger partial charge in [0.05, 0.1) is 17.8 Å². The zero-order valence-electron chi connectivity index (χ0n) is 14.5. The summed E-state index contributed by atoms with van der Waals surface area (Å²) in [6.07, 6.45) is 3.50. The number of carbonyl (C=O) groups excluding carboxylic acids is 1. The van der Waals surface area contributed by atoms with Crippen LogP contribution in [-0.4, -0.2) is 51.9 Å². The van der Waals surface area contributed by atoms with E-state index in [9.17, 15) is 14.7 Å². The van der Waals surface area contributed by atoms with Crippen LogP contribution in [0, 0.1) is 0 Å². The van der Waals surface area contributed by atoms with Crippen LogP contribution < -0.4 is 5.32 Å². The Balaban J connectivity index is 1.81. The molecular formula is C18H20FN3O4.